The van der Waals surface area contributed by atoms with Crippen LogP contribution in [0.1, 0.15) is 54.9 Å². The lowest BCUT2D eigenvalue weighted by molar-refractivity contribution is -0.0269. The monoisotopic (exact) mass is 330 g/mol. The highest BCUT2D eigenvalue weighted by Gasteiger charge is 2.39. The van der Waals surface area contributed by atoms with Crippen LogP contribution in [0.15, 0.2) is 0 Å². The largest absolute Gasteiger partial charge is 0.444 e. The van der Waals surface area contributed by atoms with Crippen LogP contribution in [0.4, 0.5) is 4.79 Å². The fraction of sp³-hybridized carbons (Fsp3) is 0.941. The third-order valence-corrected chi connectivity index (χ3v) is 4.03. The van der Waals surface area contributed by atoms with Crippen molar-refractivity contribution in [1.82, 2.24) is 10.2 Å². The summed E-state index contributed by atoms with van der Waals surface area (Å²) in [5.41, 5.74) is -1.66. The Morgan fingerprint density at radius 1 is 1.35 bits per heavy atom. The van der Waals surface area contributed by atoms with Gasteiger partial charge in [-0.1, -0.05) is 0 Å². The fourth-order valence-corrected chi connectivity index (χ4v) is 2.52. The van der Waals surface area contributed by atoms with E-state index in [0.717, 1.165) is 0 Å². The molecule has 6 heteroatoms. The van der Waals surface area contributed by atoms with E-state index in [4.69, 9.17) is 9.47 Å². The first-order chi connectivity index (χ1) is 10.4. The van der Waals surface area contributed by atoms with E-state index in [0.29, 0.717) is 32.7 Å². The van der Waals surface area contributed by atoms with Crippen LogP contribution in [-0.4, -0.2) is 65.2 Å². The lowest BCUT2D eigenvalue weighted by Crippen LogP contribution is -2.52. The van der Waals surface area contributed by atoms with E-state index >= 15 is 0 Å². The van der Waals surface area contributed by atoms with E-state index in [9.17, 15) is 9.90 Å². The molecule has 2 unspecified atom stereocenters. The molecular formula is C17H34N2O4. The van der Waals surface area contributed by atoms with Gasteiger partial charge >= 0.3 is 6.09 Å². The summed E-state index contributed by atoms with van der Waals surface area (Å²) < 4.78 is 10.9. The molecule has 23 heavy (non-hydrogen) atoms. The number of aliphatic hydroxyl groups is 1. The Labute approximate surface area is 140 Å². The van der Waals surface area contributed by atoms with E-state index in [2.05, 4.69) is 5.32 Å². The molecule has 2 atom stereocenters. The zero-order valence-electron chi connectivity index (χ0n) is 15.7. The number of carbonyl (C=O) groups is 1. The van der Waals surface area contributed by atoms with Crippen LogP contribution >= 0.6 is 0 Å². The molecule has 0 radical (unpaired) electrons. The zero-order chi connectivity index (χ0) is 17.9. The summed E-state index contributed by atoms with van der Waals surface area (Å²) in [5.74, 6) is 0. The molecule has 0 aromatic heterocycles. The molecule has 1 aliphatic rings. The number of carbonyl (C=O) groups excluding carboxylic acids is 1. The van der Waals surface area contributed by atoms with Crippen molar-refractivity contribution in [2.75, 3.05) is 26.2 Å². The molecule has 1 rings (SSSR count). The molecule has 6 nitrogen and oxygen atoms in total. The van der Waals surface area contributed by atoms with E-state index in [-0.39, 0.29) is 17.7 Å². The molecule has 0 bridgehead atoms. The second-order valence-electron chi connectivity index (χ2n) is 8.35. The van der Waals surface area contributed by atoms with Crippen molar-refractivity contribution in [3.8, 4) is 0 Å². The van der Waals surface area contributed by atoms with Gasteiger partial charge in [0.15, 0.2) is 0 Å². The molecular weight excluding hydrogens is 296 g/mol. The summed E-state index contributed by atoms with van der Waals surface area (Å²) in [6.07, 6.45) is 0.151. The van der Waals surface area contributed by atoms with Crippen molar-refractivity contribution in [3.63, 3.8) is 0 Å². The summed E-state index contributed by atoms with van der Waals surface area (Å²) in [4.78, 5) is 14.1. The second-order valence-corrected chi connectivity index (χ2v) is 8.35. The van der Waals surface area contributed by atoms with Gasteiger partial charge in [0, 0.05) is 38.2 Å². The van der Waals surface area contributed by atoms with Crippen molar-refractivity contribution in [2.45, 2.75) is 77.7 Å². The van der Waals surface area contributed by atoms with Gasteiger partial charge in [-0.3, -0.25) is 0 Å². The van der Waals surface area contributed by atoms with E-state index in [1.54, 1.807) is 4.90 Å². The summed E-state index contributed by atoms with van der Waals surface area (Å²) in [5, 5.41) is 13.7. The molecule has 1 amide bonds. The maximum atomic E-state index is 12.4. The summed E-state index contributed by atoms with van der Waals surface area (Å²) in [6.45, 7) is 15.6. The maximum Gasteiger partial charge on any atom is 0.410 e. The highest BCUT2D eigenvalue weighted by atomic mass is 16.6. The average molecular weight is 330 g/mol. The van der Waals surface area contributed by atoms with Crippen LogP contribution in [0.25, 0.3) is 0 Å². The minimum absolute atomic E-state index is 0.167. The van der Waals surface area contributed by atoms with E-state index in [1.807, 2.05) is 48.5 Å². The van der Waals surface area contributed by atoms with E-state index < -0.39 is 11.2 Å². The van der Waals surface area contributed by atoms with Gasteiger partial charge in [-0.2, -0.15) is 0 Å². The van der Waals surface area contributed by atoms with Gasteiger partial charge in [0.05, 0.1) is 6.10 Å². The van der Waals surface area contributed by atoms with Crippen molar-refractivity contribution in [1.29, 1.82) is 0 Å². The number of amides is 1. The normalized spacial score (nSPS) is 25.5. The van der Waals surface area contributed by atoms with Crippen molar-refractivity contribution >= 4 is 6.09 Å². The number of nitrogens with zero attached hydrogens (tertiary/aromatic N) is 1. The van der Waals surface area contributed by atoms with Crippen molar-refractivity contribution in [2.24, 2.45) is 0 Å². The smallest absolute Gasteiger partial charge is 0.410 e. The SMILES string of the molecule is CC1OCCC1(O)CNCCN(C(=O)OC(C)(C)C)C(C)(C)C. The molecule has 1 fully saturated rings. The highest BCUT2D eigenvalue weighted by Crippen LogP contribution is 2.24. The topological polar surface area (TPSA) is 71.0 Å². The highest BCUT2D eigenvalue weighted by molar-refractivity contribution is 5.69. The lowest BCUT2D eigenvalue weighted by Gasteiger charge is -2.37. The first-order valence-corrected chi connectivity index (χ1v) is 8.40. The first-order valence-electron chi connectivity index (χ1n) is 8.40. The average Bonchev–Trinajstić information content (AvgIpc) is 2.65. The Kier molecular flexibility index (Phi) is 6.47. The van der Waals surface area contributed by atoms with Crippen LogP contribution in [0.5, 0.6) is 0 Å². The number of ether oxygens (including phenoxy) is 2. The molecule has 0 aromatic rings. The van der Waals surface area contributed by atoms with Crippen LogP contribution in [0.2, 0.25) is 0 Å². The molecule has 2 N–H and O–H groups in total. The summed E-state index contributed by atoms with van der Waals surface area (Å²) >= 11 is 0. The van der Waals surface area contributed by atoms with Crippen LogP contribution in [0, 0.1) is 0 Å². The minimum Gasteiger partial charge on any atom is -0.444 e. The summed E-state index contributed by atoms with van der Waals surface area (Å²) in [6, 6.07) is 0. The van der Waals surface area contributed by atoms with Crippen LogP contribution in [-0.2, 0) is 9.47 Å². The third-order valence-electron chi connectivity index (χ3n) is 4.03. The molecule has 136 valence electrons. The van der Waals surface area contributed by atoms with Gasteiger partial charge < -0.3 is 24.8 Å². The predicted molar refractivity (Wildman–Crippen MR) is 90.5 cm³/mol. The molecule has 0 aliphatic carbocycles. The third kappa shape index (κ3) is 6.28. The quantitative estimate of drug-likeness (QED) is 0.756. The molecule has 0 aromatic carbocycles. The van der Waals surface area contributed by atoms with Gasteiger partial charge in [-0.05, 0) is 48.5 Å². The Hall–Kier alpha value is -0.850. The number of hydrogen-bond donors (Lipinski definition) is 2. The molecule has 1 saturated heterocycles. The zero-order valence-corrected chi connectivity index (χ0v) is 15.7. The Bertz CT molecular complexity index is 400. The van der Waals surface area contributed by atoms with Gasteiger partial charge in [-0.25, -0.2) is 4.79 Å². The fourth-order valence-electron chi connectivity index (χ4n) is 2.52. The Balaban J connectivity index is 2.51. The molecule has 1 aliphatic heterocycles. The van der Waals surface area contributed by atoms with Gasteiger partial charge in [0.1, 0.15) is 11.2 Å². The molecule has 1 heterocycles. The van der Waals surface area contributed by atoms with Crippen LogP contribution in [0.3, 0.4) is 0 Å². The van der Waals surface area contributed by atoms with E-state index in [1.165, 1.54) is 0 Å². The predicted octanol–water partition coefficient (Wildman–Crippen LogP) is 2.15. The summed E-state index contributed by atoms with van der Waals surface area (Å²) in [7, 11) is 0. The standard InChI is InChI=1S/C17H34N2O4/c1-13-17(21,8-11-22-13)12-18-9-10-19(15(2,3)4)14(20)23-16(5,6)7/h13,18,21H,8-12H2,1-7H3. The number of rotatable bonds is 5. The first kappa shape index (κ1) is 20.2. The number of hydrogen-bond acceptors (Lipinski definition) is 5. The van der Waals surface area contributed by atoms with Gasteiger partial charge in [0.2, 0.25) is 0 Å². The number of nitrogens with one attached hydrogen (secondary N) is 1. The Morgan fingerprint density at radius 3 is 2.39 bits per heavy atom. The van der Waals surface area contributed by atoms with Crippen LogP contribution < -0.4 is 5.32 Å². The van der Waals surface area contributed by atoms with Gasteiger partial charge in [-0.15, -0.1) is 0 Å². The van der Waals surface area contributed by atoms with Crippen molar-refractivity contribution in [3.05, 3.63) is 0 Å². The Morgan fingerprint density at radius 2 is 1.96 bits per heavy atom. The van der Waals surface area contributed by atoms with Gasteiger partial charge in [0.25, 0.3) is 0 Å². The molecule has 0 saturated carbocycles. The molecule has 0 spiro atoms. The maximum absolute atomic E-state index is 12.4. The van der Waals surface area contributed by atoms with Crippen molar-refractivity contribution < 1.29 is 19.4 Å². The minimum atomic E-state index is -0.821. The second kappa shape index (κ2) is 7.36. The lowest BCUT2D eigenvalue weighted by atomic mass is 9.97.